The molecule has 0 aliphatic rings. The Morgan fingerprint density at radius 1 is 1.44 bits per heavy atom. The molecule has 0 aliphatic carbocycles. The van der Waals surface area contributed by atoms with Crippen LogP contribution in [-0.4, -0.2) is 58.2 Å². The summed E-state index contributed by atoms with van der Waals surface area (Å²) in [5.41, 5.74) is 3.38. The molecule has 5 nitrogen and oxygen atoms in total. The second kappa shape index (κ2) is 5.98. The normalized spacial score (nSPS) is 13.4. The number of aliphatic hydroxyl groups is 2. The molecule has 0 aromatic carbocycles. The van der Waals surface area contributed by atoms with Gasteiger partial charge in [-0.1, -0.05) is 0 Å². The van der Waals surface area contributed by atoms with E-state index in [4.69, 9.17) is 5.11 Å². The number of nitrogens with zero attached hydrogens (tertiary/aromatic N) is 2. The fourth-order valence-electron chi connectivity index (χ4n) is 1.75. The summed E-state index contributed by atoms with van der Waals surface area (Å²) in [4.78, 5) is 2.01. The van der Waals surface area contributed by atoms with Gasteiger partial charge in [0.15, 0.2) is 0 Å². The first-order chi connectivity index (χ1) is 7.54. The molecule has 0 radical (unpaired) electrons. The summed E-state index contributed by atoms with van der Waals surface area (Å²) < 4.78 is 0. The molecule has 0 unspecified atom stereocenters. The molecule has 0 bridgehead atoms. The van der Waals surface area contributed by atoms with Crippen molar-refractivity contribution in [3.05, 3.63) is 17.0 Å². The Bertz CT molecular complexity index is 306. The lowest BCUT2D eigenvalue weighted by atomic mass is 10.1. The van der Waals surface area contributed by atoms with E-state index in [1.807, 2.05) is 25.8 Å². The fraction of sp³-hybridized carbons (Fsp3) is 0.727. The lowest BCUT2D eigenvalue weighted by molar-refractivity contribution is 0.0669. The van der Waals surface area contributed by atoms with Gasteiger partial charge in [-0.3, -0.25) is 5.10 Å². The first kappa shape index (κ1) is 13.2. The standard InChI is InChI=1S/C11H21N3O2/c1-8-11(9(2)13-12-8)4-5-14(3)6-10(16)7-15/h10,15-16H,4-7H2,1-3H3,(H,12,13)/t10-/m0/s1. The second-order valence-electron chi connectivity index (χ2n) is 4.26. The van der Waals surface area contributed by atoms with Crippen molar-refractivity contribution in [1.82, 2.24) is 15.1 Å². The maximum absolute atomic E-state index is 9.28. The number of aromatic nitrogens is 2. The van der Waals surface area contributed by atoms with Gasteiger partial charge < -0.3 is 15.1 Å². The number of likely N-dealkylation sites (N-methyl/N-ethyl adjacent to an activating group) is 1. The van der Waals surface area contributed by atoms with Gasteiger partial charge in [0.25, 0.3) is 0 Å². The third kappa shape index (κ3) is 3.59. The van der Waals surface area contributed by atoms with Crippen LogP contribution in [0.5, 0.6) is 0 Å². The van der Waals surface area contributed by atoms with Crippen LogP contribution in [0, 0.1) is 13.8 Å². The van der Waals surface area contributed by atoms with Crippen LogP contribution in [0.3, 0.4) is 0 Å². The molecule has 16 heavy (non-hydrogen) atoms. The highest BCUT2D eigenvalue weighted by Gasteiger charge is 2.10. The van der Waals surface area contributed by atoms with Gasteiger partial charge >= 0.3 is 0 Å². The van der Waals surface area contributed by atoms with Crippen LogP contribution in [0.2, 0.25) is 0 Å². The third-order valence-electron chi connectivity index (χ3n) is 2.76. The minimum Gasteiger partial charge on any atom is -0.394 e. The zero-order valence-electron chi connectivity index (χ0n) is 10.2. The number of aryl methyl sites for hydroxylation is 2. The SMILES string of the molecule is Cc1n[nH]c(C)c1CCN(C)C[C@H](O)CO. The molecule has 0 fully saturated rings. The van der Waals surface area contributed by atoms with E-state index < -0.39 is 6.10 Å². The topological polar surface area (TPSA) is 72.4 Å². The van der Waals surface area contributed by atoms with E-state index in [2.05, 4.69) is 10.2 Å². The fourth-order valence-corrected chi connectivity index (χ4v) is 1.75. The van der Waals surface area contributed by atoms with E-state index in [1.165, 1.54) is 5.56 Å². The summed E-state index contributed by atoms with van der Waals surface area (Å²) in [6.07, 6.45) is 0.250. The summed E-state index contributed by atoms with van der Waals surface area (Å²) in [6, 6.07) is 0. The number of H-pyrrole nitrogens is 1. The average Bonchev–Trinajstić information content (AvgIpc) is 2.56. The summed E-state index contributed by atoms with van der Waals surface area (Å²) in [5, 5.41) is 25.1. The third-order valence-corrected chi connectivity index (χ3v) is 2.76. The van der Waals surface area contributed by atoms with E-state index in [0.29, 0.717) is 6.54 Å². The molecule has 1 aromatic rings. The van der Waals surface area contributed by atoms with Crippen LogP contribution < -0.4 is 0 Å². The highest BCUT2D eigenvalue weighted by molar-refractivity contribution is 5.23. The molecule has 92 valence electrons. The number of hydrogen-bond acceptors (Lipinski definition) is 4. The van der Waals surface area contributed by atoms with Crippen LogP contribution >= 0.6 is 0 Å². The van der Waals surface area contributed by atoms with Crippen LogP contribution in [0.15, 0.2) is 0 Å². The molecule has 0 amide bonds. The van der Waals surface area contributed by atoms with Crippen LogP contribution in [0.4, 0.5) is 0 Å². The summed E-state index contributed by atoms with van der Waals surface area (Å²) in [5.74, 6) is 0. The molecular weight excluding hydrogens is 206 g/mol. The van der Waals surface area contributed by atoms with Crippen molar-refractivity contribution in [2.75, 3.05) is 26.7 Å². The Morgan fingerprint density at radius 2 is 2.12 bits per heavy atom. The lowest BCUT2D eigenvalue weighted by Crippen LogP contribution is -2.32. The molecule has 1 heterocycles. The Labute approximate surface area is 96.1 Å². The predicted octanol–water partition coefficient (Wildman–Crippen LogP) is -0.146. The first-order valence-electron chi connectivity index (χ1n) is 5.52. The number of aromatic amines is 1. The number of rotatable bonds is 6. The lowest BCUT2D eigenvalue weighted by Gasteiger charge is -2.19. The average molecular weight is 227 g/mol. The zero-order chi connectivity index (χ0) is 12.1. The van der Waals surface area contributed by atoms with Gasteiger partial charge in [0.05, 0.1) is 18.4 Å². The van der Waals surface area contributed by atoms with Gasteiger partial charge in [0.2, 0.25) is 0 Å². The minimum absolute atomic E-state index is 0.186. The Hall–Kier alpha value is -0.910. The van der Waals surface area contributed by atoms with Crippen LogP contribution in [-0.2, 0) is 6.42 Å². The quantitative estimate of drug-likeness (QED) is 0.632. The Morgan fingerprint density at radius 3 is 2.62 bits per heavy atom. The second-order valence-corrected chi connectivity index (χ2v) is 4.26. The van der Waals surface area contributed by atoms with Gasteiger partial charge in [0.1, 0.15) is 0 Å². The number of nitrogens with one attached hydrogen (secondary N) is 1. The van der Waals surface area contributed by atoms with E-state index in [1.54, 1.807) is 0 Å². The van der Waals surface area contributed by atoms with Crippen molar-refractivity contribution in [2.24, 2.45) is 0 Å². The van der Waals surface area contributed by atoms with Crippen LogP contribution in [0.25, 0.3) is 0 Å². The summed E-state index contributed by atoms with van der Waals surface area (Å²) >= 11 is 0. The minimum atomic E-state index is -0.656. The Kier molecular flexibility index (Phi) is 4.92. The maximum atomic E-state index is 9.28. The van der Waals surface area contributed by atoms with E-state index in [9.17, 15) is 5.11 Å². The summed E-state index contributed by atoms with van der Waals surface area (Å²) in [7, 11) is 1.93. The van der Waals surface area contributed by atoms with Gasteiger partial charge in [-0.05, 0) is 32.9 Å². The molecule has 3 N–H and O–H groups in total. The maximum Gasteiger partial charge on any atom is 0.0897 e. The molecule has 1 aromatic heterocycles. The molecular formula is C11H21N3O2. The highest BCUT2D eigenvalue weighted by atomic mass is 16.3. The van der Waals surface area contributed by atoms with Crippen molar-refractivity contribution in [3.63, 3.8) is 0 Å². The first-order valence-corrected chi connectivity index (χ1v) is 5.52. The van der Waals surface area contributed by atoms with Crippen molar-refractivity contribution in [1.29, 1.82) is 0 Å². The van der Waals surface area contributed by atoms with Crippen LogP contribution in [0.1, 0.15) is 17.0 Å². The molecule has 0 saturated carbocycles. The molecule has 0 saturated heterocycles. The van der Waals surface area contributed by atoms with Gasteiger partial charge in [0, 0.05) is 18.8 Å². The number of aliphatic hydroxyl groups excluding tert-OH is 2. The summed E-state index contributed by atoms with van der Waals surface area (Å²) in [6.45, 7) is 5.15. The Balaban J connectivity index is 2.40. The van der Waals surface area contributed by atoms with E-state index >= 15 is 0 Å². The zero-order valence-corrected chi connectivity index (χ0v) is 10.2. The molecule has 0 spiro atoms. The predicted molar refractivity (Wildman–Crippen MR) is 62.4 cm³/mol. The van der Waals surface area contributed by atoms with E-state index in [-0.39, 0.29) is 6.61 Å². The highest BCUT2D eigenvalue weighted by Crippen LogP contribution is 2.10. The monoisotopic (exact) mass is 227 g/mol. The number of hydrogen-bond donors (Lipinski definition) is 3. The smallest absolute Gasteiger partial charge is 0.0897 e. The van der Waals surface area contributed by atoms with Crippen molar-refractivity contribution in [3.8, 4) is 0 Å². The van der Waals surface area contributed by atoms with Crippen molar-refractivity contribution in [2.45, 2.75) is 26.4 Å². The van der Waals surface area contributed by atoms with Gasteiger partial charge in [-0.25, -0.2) is 0 Å². The largest absolute Gasteiger partial charge is 0.394 e. The molecule has 1 atom stereocenters. The van der Waals surface area contributed by atoms with Gasteiger partial charge in [-0.2, -0.15) is 5.10 Å². The van der Waals surface area contributed by atoms with E-state index in [0.717, 1.165) is 24.4 Å². The van der Waals surface area contributed by atoms with Crippen molar-refractivity contribution >= 4 is 0 Å². The molecule has 0 aliphatic heterocycles. The molecule has 1 rings (SSSR count). The molecule has 5 heteroatoms. The van der Waals surface area contributed by atoms with Gasteiger partial charge in [-0.15, -0.1) is 0 Å². The van der Waals surface area contributed by atoms with Crippen molar-refractivity contribution < 1.29 is 10.2 Å².